The van der Waals surface area contributed by atoms with Crippen molar-refractivity contribution in [3.63, 3.8) is 0 Å². The molecular weight excluding hydrogens is 759 g/mol. The van der Waals surface area contributed by atoms with E-state index in [0.717, 1.165) is 95.0 Å². The summed E-state index contributed by atoms with van der Waals surface area (Å²) < 4.78 is 0. The first-order valence-electron chi connectivity index (χ1n) is 20.8. The van der Waals surface area contributed by atoms with Crippen LogP contribution < -0.4 is 5.32 Å². The van der Waals surface area contributed by atoms with E-state index in [0.29, 0.717) is 5.56 Å². The molecule has 8 aromatic rings. The molecule has 62 heavy (non-hydrogen) atoms. The lowest BCUT2D eigenvalue weighted by molar-refractivity contribution is 0.102. The Morgan fingerprint density at radius 3 is 1.18 bits per heavy atom. The number of benzene rings is 5. The molecule has 6 heteroatoms. The summed E-state index contributed by atoms with van der Waals surface area (Å²) in [6.45, 7) is 0. The molecule has 3 N–H and O–H groups in total. The number of hydrogen-bond donors (Lipinski definition) is 3. The maximum atomic E-state index is 13.6. The summed E-state index contributed by atoms with van der Waals surface area (Å²) in [5.74, 6) is 0.0957. The van der Waals surface area contributed by atoms with Gasteiger partial charge in [-0.2, -0.15) is 0 Å². The van der Waals surface area contributed by atoms with Crippen molar-refractivity contribution in [1.82, 2.24) is 19.9 Å². The third kappa shape index (κ3) is 6.89. The summed E-state index contributed by atoms with van der Waals surface area (Å²) in [6.07, 6.45) is 16.9. The van der Waals surface area contributed by atoms with Crippen molar-refractivity contribution in [2.24, 2.45) is 0 Å². The van der Waals surface area contributed by atoms with Gasteiger partial charge in [-0.1, -0.05) is 140 Å². The molecule has 6 nitrogen and oxygen atoms in total. The Balaban J connectivity index is 1.12. The van der Waals surface area contributed by atoms with Crippen LogP contribution in [0, 0.1) is 0 Å². The van der Waals surface area contributed by atoms with Gasteiger partial charge in [-0.25, -0.2) is 9.97 Å². The van der Waals surface area contributed by atoms with Gasteiger partial charge in [0, 0.05) is 61.5 Å². The molecule has 0 atom stereocenters. The van der Waals surface area contributed by atoms with E-state index in [-0.39, 0.29) is 11.8 Å². The molecule has 5 aromatic carbocycles. The van der Waals surface area contributed by atoms with Crippen LogP contribution in [0.25, 0.3) is 90.9 Å². The van der Waals surface area contributed by atoms with Gasteiger partial charge in [-0.05, 0) is 101 Å². The first kappa shape index (κ1) is 36.7. The summed E-state index contributed by atoms with van der Waals surface area (Å²) in [4.78, 5) is 32.0. The van der Waals surface area contributed by atoms with Crippen LogP contribution in [0.4, 0.5) is 5.69 Å². The van der Waals surface area contributed by atoms with Crippen LogP contribution >= 0.6 is 0 Å². The molecule has 3 aliphatic rings. The molecule has 8 bridgehead atoms. The first-order valence-corrected chi connectivity index (χ1v) is 20.8. The maximum Gasteiger partial charge on any atom is 0.255 e. The Morgan fingerprint density at radius 1 is 0.419 bits per heavy atom. The highest BCUT2D eigenvalue weighted by Crippen LogP contribution is 2.38. The minimum Gasteiger partial charge on any atom is -0.354 e. The molecule has 1 aliphatic carbocycles. The number of carbonyl (C=O) groups is 1. The van der Waals surface area contributed by atoms with Crippen LogP contribution in [0.2, 0.25) is 0 Å². The summed E-state index contributed by atoms with van der Waals surface area (Å²) in [5.41, 5.74) is 17.6. The highest BCUT2D eigenvalue weighted by atomic mass is 16.1. The molecule has 0 spiro atoms. The fourth-order valence-electron chi connectivity index (χ4n) is 8.67. The molecule has 2 aliphatic heterocycles. The zero-order valence-corrected chi connectivity index (χ0v) is 33.6. The lowest BCUT2D eigenvalue weighted by atomic mass is 10.0. The fraction of sp³-hybridized carbons (Fsp3) is 0.0179. The second-order valence-corrected chi connectivity index (χ2v) is 15.5. The van der Waals surface area contributed by atoms with Gasteiger partial charge in [0.2, 0.25) is 0 Å². The SMILES string of the molecule is O=C(Nc1ccc(C2C=CC=C2)cc1)c1ccc(-c2c3nc(c(-c4ccccc4)c4ccc([nH]4)c(-c4ccccc4)c4nc(c(-c5ccccc5)c5ccc2[nH]5)C=C4)C=C3)cc1. The third-order valence-corrected chi connectivity index (χ3v) is 11.7. The second-order valence-electron chi connectivity index (χ2n) is 15.5. The van der Waals surface area contributed by atoms with Crippen LogP contribution in [-0.2, 0) is 0 Å². The number of allylic oxidation sites excluding steroid dienone is 4. The van der Waals surface area contributed by atoms with E-state index >= 15 is 0 Å². The lowest BCUT2D eigenvalue weighted by Gasteiger charge is -2.10. The van der Waals surface area contributed by atoms with Crippen LogP contribution in [0.3, 0.4) is 0 Å². The average molecular weight is 798 g/mol. The van der Waals surface area contributed by atoms with E-state index in [4.69, 9.17) is 9.97 Å². The monoisotopic (exact) mass is 797 g/mol. The van der Waals surface area contributed by atoms with Crippen molar-refractivity contribution >= 4 is 58.0 Å². The van der Waals surface area contributed by atoms with Crippen molar-refractivity contribution in [3.05, 3.63) is 222 Å². The minimum atomic E-state index is -0.174. The highest BCUT2D eigenvalue weighted by Gasteiger charge is 2.19. The Kier molecular flexibility index (Phi) is 9.28. The van der Waals surface area contributed by atoms with Crippen LogP contribution in [0.5, 0.6) is 0 Å². The number of amides is 1. The highest BCUT2D eigenvalue weighted by molar-refractivity contribution is 6.05. The number of aromatic amines is 2. The largest absolute Gasteiger partial charge is 0.354 e. The molecule has 0 fully saturated rings. The van der Waals surface area contributed by atoms with Crippen molar-refractivity contribution in [3.8, 4) is 44.5 Å². The number of H-pyrrole nitrogens is 2. The average Bonchev–Trinajstić information content (AvgIpc) is 4.19. The van der Waals surface area contributed by atoms with E-state index < -0.39 is 0 Å². The number of fused-ring (bicyclic) bond motifs is 8. The van der Waals surface area contributed by atoms with Gasteiger partial charge in [0.1, 0.15) is 0 Å². The smallest absolute Gasteiger partial charge is 0.255 e. The van der Waals surface area contributed by atoms with Crippen molar-refractivity contribution < 1.29 is 4.79 Å². The fourth-order valence-corrected chi connectivity index (χ4v) is 8.67. The quantitative estimate of drug-likeness (QED) is 0.150. The topological polar surface area (TPSA) is 86.5 Å². The van der Waals surface area contributed by atoms with E-state index in [1.165, 1.54) is 5.56 Å². The van der Waals surface area contributed by atoms with Gasteiger partial charge in [-0.3, -0.25) is 4.79 Å². The van der Waals surface area contributed by atoms with Gasteiger partial charge in [0.05, 0.1) is 22.8 Å². The number of nitrogens with zero attached hydrogens (tertiary/aromatic N) is 2. The normalized spacial score (nSPS) is 12.9. The molecule has 294 valence electrons. The third-order valence-electron chi connectivity index (χ3n) is 11.7. The molecule has 0 saturated carbocycles. The van der Waals surface area contributed by atoms with Gasteiger partial charge in [-0.15, -0.1) is 0 Å². The van der Waals surface area contributed by atoms with Gasteiger partial charge in [0.15, 0.2) is 0 Å². The number of anilines is 1. The Bertz CT molecular complexity index is 3250. The number of hydrogen-bond acceptors (Lipinski definition) is 3. The van der Waals surface area contributed by atoms with E-state index in [1.54, 1.807) is 0 Å². The van der Waals surface area contributed by atoms with Crippen LogP contribution in [0.15, 0.2) is 188 Å². The summed E-state index contributed by atoms with van der Waals surface area (Å²) in [6, 6.07) is 55.6. The summed E-state index contributed by atoms with van der Waals surface area (Å²) in [5, 5.41) is 3.08. The predicted molar refractivity (Wildman–Crippen MR) is 256 cm³/mol. The molecule has 5 heterocycles. The molecule has 0 unspecified atom stereocenters. The second kappa shape index (κ2) is 15.7. The van der Waals surface area contributed by atoms with Crippen LogP contribution in [-0.4, -0.2) is 25.8 Å². The van der Waals surface area contributed by atoms with Gasteiger partial charge in [0.25, 0.3) is 5.91 Å². The van der Waals surface area contributed by atoms with E-state index in [9.17, 15) is 4.79 Å². The number of carbonyl (C=O) groups excluding carboxylic acids is 1. The minimum absolute atomic E-state index is 0.174. The van der Waals surface area contributed by atoms with Crippen molar-refractivity contribution in [2.75, 3.05) is 5.32 Å². The summed E-state index contributed by atoms with van der Waals surface area (Å²) >= 11 is 0. The number of aromatic nitrogens is 4. The zero-order chi connectivity index (χ0) is 41.4. The van der Waals surface area contributed by atoms with Gasteiger partial charge >= 0.3 is 0 Å². The lowest BCUT2D eigenvalue weighted by Crippen LogP contribution is -2.11. The molecule has 3 aromatic heterocycles. The zero-order valence-electron chi connectivity index (χ0n) is 33.6. The van der Waals surface area contributed by atoms with Crippen molar-refractivity contribution in [1.29, 1.82) is 0 Å². The maximum absolute atomic E-state index is 13.6. The van der Waals surface area contributed by atoms with E-state index in [1.807, 2.05) is 54.6 Å². The molecule has 0 saturated heterocycles. The standard InChI is InChI=1S/C56H39N5O/c62-56(57-43-26-24-37(25-27-43)36-12-10-11-13-36)42-22-20-41(21-23-42)55-50-34-32-48(60-50)53(39-16-6-2-7-17-39)46-30-28-44(58-46)52(38-14-4-1-5-15-38)45-29-31-47(59-45)54(40-18-8-3-9-19-40)49-33-35-51(55)61-49/h1-36,58,61H,(H,57,62). The molecule has 1 amide bonds. The first-order chi connectivity index (χ1) is 30.6. The predicted octanol–water partition coefficient (Wildman–Crippen LogP) is 13.8. The Hall–Kier alpha value is -8.35. The number of rotatable bonds is 7. The molecule has 11 rings (SSSR count). The van der Waals surface area contributed by atoms with Crippen LogP contribution in [0.1, 0.15) is 44.6 Å². The number of nitrogens with one attached hydrogen (secondary N) is 3. The Labute approximate surface area is 359 Å². The van der Waals surface area contributed by atoms with Crippen molar-refractivity contribution in [2.45, 2.75) is 5.92 Å². The summed E-state index contributed by atoms with van der Waals surface area (Å²) in [7, 11) is 0. The van der Waals surface area contributed by atoms with Gasteiger partial charge < -0.3 is 15.3 Å². The molecular formula is C56H39N5O. The van der Waals surface area contributed by atoms with E-state index in [2.05, 4.69) is 173 Å². The Morgan fingerprint density at radius 2 is 0.790 bits per heavy atom. The molecule has 0 radical (unpaired) electrons.